The molecule has 0 bridgehead atoms. The van der Waals surface area contributed by atoms with Crippen molar-refractivity contribution in [1.29, 1.82) is 0 Å². The van der Waals surface area contributed by atoms with Crippen molar-refractivity contribution >= 4 is 10.9 Å². The molecule has 1 aromatic heterocycles. The van der Waals surface area contributed by atoms with Gasteiger partial charge in [-0.15, -0.1) is 0 Å². The Morgan fingerprint density at radius 2 is 2.16 bits per heavy atom. The lowest BCUT2D eigenvalue weighted by molar-refractivity contribution is 0.318. The number of benzene rings is 1. The van der Waals surface area contributed by atoms with Crippen molar-refractivity contribution in [3.8, 4) is 5.75 Å². The molecule has 19 heavy (non-hydrogen) atoms. The van der Waals surface area contributed by atoms with Gasteiger partial charge in [0.2, 0.25) is 0 Å². The van der Waals surface area contributed by atoms with Crippen molar-refractivity contribution in [3.63, 3.8) is 0 Å². The Kier molecular flexibility index (Phi) is 4.80. The molecule has 0 fully saturated rings. The quantitative estimate of drug-likeness (QED) is 0.832. The highest BCUT2D eigenvalue weighted by Gasteiger charge is 2.09. The molecule has 1 aromatic carbocycles. The molecule has 0 spiro atoms. The van der Waals surface area contributed by atoms with Gasteiger partial charge in [-0.25, -0.2) is 0 Å². The van der Waals surface area contributed by atoms with Crippen LogP contribution in [0.25, 0.3) is 10.9 Å². The number of hydrogen-bond acceptors (Lipinski definition) is 3. The minimum atomic E-state index is 0.690. The van der Waals surface area contributed by atoms with Crippen LogP contribution in [0.2, 0.25) is 0 Å². The number of hydrogen-bond donors (Lipinski definition) is 1. The van der Waals surface area contributed by atoms with Gasteiger partial charge in [-0.1, -0.05) is 13.3 Å². The Balaban J connectivity index is 2.15. The second-order valence-electron chi connectivity index (χ2n) is 4.91. The number of aromatic amines is 1. The standard InChI is InChI=1S/C15H23N3O/c1-4-6-9-18(3)11-15-13-10-12(19-5-2)7-8-14(13)16-17-15/h7-8,10H,4-6,9,11H2,1-3H3,(H,16,17). The lowest BCUT2D eigenvalue weighted by atomic mass is 10.2. The summed E-state index contributed by atoms with van der Waals surface area (Å²) in [6.45, 7) is 6.91. The van der Waals surface area contributed by atoms with E-state index in [2.05, 4.69) is 35.1 Å². The summed E-state index contributed by atoms with van der Waals surface area (Å²) < 4.78 is 5.55. The molecule has 2 aromatic rings. The molecular weight excluding hydrogens is 238 g/mol. The van der Waals surface area contributed by atoms with Gasteiger partial charge in [0.05, 0.1) is 17.8 Å². The van der Waals surface area contributed by atoms with Gasteiger partial charge in [0.15, 0.2) is 0 Å². The van der Waals surface area contributed by atoms with E-state index >= 15 is 0 Å². The van der Waals surface area contributed by atoms with Crippen molar-refractivity contribution < 1.29 is 4.74 Å². The van der Waals surface area contributed by atoms with Crippen molar-refractivity contribution in [2.45, 2.75) is 33.2 Å². The minimum Gasteiger partial charge on any atom is -0.494 e. The van der Waals surface area contributed by atoms with E-state index in [-0.39, 0.29) is 0 Å². The molecule has 0 aliphatic rings. The Bertz CT molecular complexity index is 521. The average molecular weight is 261 g/mol. The average Bonchev–Trinajstić information content (AvgIpc) is 2.80. The van der Waals surface area contributed by atoms with Crippen LogP contribution in [0.15, 0.2) is 18.2 Å². The predicted molar refractivity (Wildman–Crippen MR) is 78.5 cm³/mol. The predicted octanol–water partition coefficient (Wildman–Crippen LogP) is 3.19. The van der Waals surface area contributed by atoms with Gasteiger partial charge in [0.25, 0.3) is 0 Å². The van der Waals surface area contributed by atoms with E-state index in [9.17, 15) is 0 Å². The minimum absolute atomic E-state index is 0.690. The topological polar surface area (TPSA) is 41.2 Å². The fraction of sp³-hybridized carbons (Fsp3) is 0.533. The molecule has 1 heterocycles. The normalized spacial score (nSPS) is 11.4. The zero-order valence-electron chi connectivity index (χ0n) is 12.1. The number of aromatic nitrogens is 2. The molecule has 0 saturated carbocycles. The molecule has 4 nitrogen and oxygen atoms in total. The highest BCUT2D eigenvalue weighted by Crippen LogP contribution is 2.23. The van der Waals surface area contributed by atoms with Crippen LogP contribution in [0.1, 0.15) is 32.4 Å². The molecular formula is C15H23N3O. The number of rotatable bonds is 7. The number of nitrogens with zero attached hydrogens (tertiary/aromatic N) is 2. The van der Waals surface area contributed by atoms with E-state index in [0.29, 0.717) is 6.61 Å². The molecule has 0 amide bonds. The van der Waals surface area contributed by atoms with E-state index < -0.39 is 0 Å². The van der Waals surface area contributed by atoms with Crippen LogP contribution in [-0.4, -0.2) is 35.3 Å². The summed E-state index contributed by atoms with van der Waals surface area (Å²) in [4.78, 5) is 2.32. The van der Waals surface area contributed by atoms with Crippen LogP contribution < -0.4 is 4.74 Å². The maximum absolute atomic E-state index is 5.55. The van der Waals surface area contributed by atoms with Crippen LogP contribution in [0.5, 0.6) is 5.75 Å². The van der Waals surface area contributed by atoms with Crippen LogP contribution in [-0.2, 0) is 6.54 Å². The smallest absolute Gasteiger partial charge is 0.120 e. The van der Waals surface area contributed by atoms with Crippen molar-refractivity contribution in [2.24, 2.45) is 0 Å². The number of H-pyrrole nitrogens is 1. The van der Waals surface area contributed by atoms with E-state index in [1.807, 2.05) is 19.1 Å². The molecule has 2 rings (SSSR count). The lowest BCUT2D eigenvalue weighted by Gasteiger charge is -2.15. The van der Waals surface area contributed by atoms with Crippen molar-refractivity contribution in [1.82, 2.24) is 15.1 Å². The maximum Gasteiger partial charge on any atom is 0.120 e. The van der Waals surface area contributed by atoms with Gasteiger partial charge in [0, 0.05) is 11.9 Å². The second-order valence-corrected chi connectivity index (χ2v) is 4.91. The largest absolute Gasteiger partial charge is 0.494 e. The Labute approximate surface area is 114 Å². The van der Waals surface area contributed by atoms with E-state index in [1.165, 1.54) is 12.8 Å². The van der Waals surface area contributed by atoms with Crippen LogP contribution in [0, 0.1) is 0 Å². The van der Waals surface area contributed by atoms with E-state index in [1.54, 1.807) is 0 Å². The third kappa shape index (κ3) is 3.47. The number of fused-ring (bicyclic) bond motifs is 1. The first-order valence-corrected chi connectivity index (χ1v) is 7.03. The molecule has 0 aliphatic heterocycles. The third-order valence-electron chi connectivity index (χ3n) is 3.24. The van der Waals surface area contributed by atoms with E-state index in [0.717, 1.165) is 35.4 Å². The summed E-state index contributed by atoms with van der Waals surface area (Å²) in [5.41, 5.74) is 2.16. The fourth-order valence-corrected chi connectivity index (χ4v) is 2.20. The zero-order valence-corrected chi connectivity index (χ0v) is 12.1. The van der Waals surface area contributed by atoms with Crippen LogP contribution >= 0.6 is 0 Å². The van der Waals surface area contributed by atoms with Gasteiger partial charge in [-0.3, -0.25) is 5.10 Å². The third-order valence-corrected chi connectivity index (χ3v) is 3.24. The molecule has 104 valence electrons. The Morgan fingerprint density at radius 1 is 1.32 bits per heavy atom. The highest BCUT2D eigenvalue weighted by atomic mass is 16.5. The molecule has 0 unspecified atom stereocenters. The lowest BCUT2D eigenvalue weighted by Crippen LogP contribution is -2.19. The summed E-state index contributed by atoms with van der Waals surface area (Å²) in [6, 6.07) is 6.05. The monoisotopic (exact) mass is 261 g/mol. The highest BCUT2D eigenvalue weighted by molar-refractivity contribution is 5.82. The molecule has 4 heteroatoms. The molecule has 0 atom stereocenters. The van der Waals surface area contributed by atoms with Gasteiger partial charge in [-0.2, -0.15) is 5.10 Å². The fourth-order valence-electron chi connectivity index (χ4n) is 2.20. The van der Waals surface area contributed by atoms with Gasteiger partial charge >= 0.3 is 0 Å². The summed E-state index contributed by atoms with van der Waals surface area (Å²) >= 11 is 0. The van der Waals surface area contributed by atoms with Crippen LogP contribution in [0.3, 0.4) is 0 Å². The SMILES string of the molecule is CCCCN(C)Cc1[nH]nc2ccc(OCC)cc12. The summed E-state index contributed by atoms with van der Waals surface area (Å²) in [6.07, 6.45) is 2.45. The molecule has 0 radical (unpaired) electrons. The van der Waals surface area contributed by atoms with Crippen molar-refractivity contribution in [3.05, 3.63) is 23.9 Å². The first-order chi connectivity index (χ1) is 9.24. The van der Waals surface area contributed by atoms with Crippen LogP contribution in [0.4, 0.5) is 0 Å². The Hall–Kier alpha value is -1.55. The maximum atomic E-state index is 5.55. The number of nitrogens with one attached hydrogen (secondary N) is 1. The molecule has 0 saturated heterocycles. The van der Waals surface area contributed by atoms with E-state index in [4.69, 9.17) is 4.74 Å². The Morgan fingerprint density at radius 3 is 2.89 bits per heavy atom. The van der Waals surface area contributed by atoms with Crippen molar-refractivity contribution in [2.75, 3.05) is 20.2 Å². The van der Waals surface area contributed by atoms with Gasteiger partial charge in [-0.05, 0) is 45.1 Å². The zero-order chi connectivity index (χ0) is 13.7. The number of unbranched alkanes of at least 4 members (excludes halogenated alkanes) is 1. The molecule has 0 aliphatic carbocycles. The van der Waals surface area contributed by atoms with Gasteiger partial charge in [0.1, 0.15) is 5.75 Å². The summed E-state index contributed by atoms with van der Waals surface area (Å²) in [5, 5.41) is 8.65. The summed E-state index contributed by atoms with van der Waals surface area (Å²) in [7, 11) is 2.15. The van der Waals surface area contributed by atoms with Gasteiger partial charge < -0.3 is 9.64 Å². The second kappa shape index (κ2) is 6.57. The first kappa shape index (κ1) is 13.9. The molecule has 1 N–H and O–H groups in total. The first-order valence-electron chi connectivity index (χ1n) is 7.03. The summed E-state index contributed by atoms with van der Waals surface area (Å²) in [5.74, 6) is 0.911. The number of ether oxygens (including phenoxy) is 1.